The monoisotopic (exact) mass is 449 g/mol. The second-order valence-electron chi connectivity index (χ2n) is 6.97. The molecule has 3 rings (SSSR count). The predicted molar refractivity (Wildman–Crippen MR) is 119 cm³/mol. The third-order valence-corrected chi connectivity index (χ3v) is 5.64. The second-order valence-corrected chi connectivity index (χ2v) is 7.96. The maximum Gasteiger partial charge on any atom is 0.257 e. The molecule has 0 fully saturated rings. The summed E-state index contributed by atoms with van der Waals surface area (Å²) in [5.74, 6) is 0.832. The second kappa shape index (κ2) is 10.5. The molecule has 1 aliphatic heterocycles. The highest BCUT2D eigenvalue weighted by atomic mass is 32.2. The molecule has 0 bridgehead atoms. The molecule has 0 radical (unpaired) electrons. The molecule has 0 unspecified atom stereocenters. The van der Waals surface area contributed by atoms with E-state index in [4.69, 9.17) is 14.2 Å². The van der Waals surface area contributed by atoms with E-state index in [1.165, 1.54) is 6.20 Å². The number of pyridine rings is 1. The van der Waals surface area contributed by atoms with Crippen molar-refractivity contribution in [3.8, 4) is 11.5 Å². The molecule has 0 spiro atoms. The number of nitrogens with one attached hydrogen (secondary N) is 2. The molecule has 2 heterocycles. The number of aromatic nitrogens is 1. The number of rotatable bonds is 10. The van der Waals surface area contributed by atoms with Crippen molar-refractivity contribution in [2.75, 3.05) is 39.1 Å². The standard InChI is InChI=1S/C21H27N3O6S/c1-4-24-11-14(19(25)13-9-17-18(10-16(13)24)30-12-29-17)20(26)23-15(5-8-31-3)21(27)22-6-7-28-2/h9-11,15H,4-8,12H2,1-3H3,(H,22,27)(H,23,26)/t15-/m0/s1. The van der Waals surface area contributed by atoms with Gasteiger partial charge in [-0.15, -0.1) is 0 Å². The van der Waals surface area contributed by atoms with Crippen molar-refractivity contribution < 1.29 is 23.8 Å². The molecule has 9 nitrogen and oxygen atoms in total. The molecule has 168 valence electrons. The van der Waals surface area contributed by atoms with Crippen LogP contribution in [0.25, 0.3) is 10.9 Å². The van der Waals surface area contributed by atoms with E-state index in [0.717, 1.165) is 0 Å². The van der Waals surface area contributed by atoms with Crippen LogP contribution in [0.4, 0.5) is 0 Å². The Morgan fingerprint density at radius 3 is 2.71 bits per heavy atom. The molecular weight excluding hydrogens is 422 g/mol. The van der Waals surface area contributed by atoms with Crippen LogP contribution in [0.15, 0.2) is 23.1 Å². The average molecular weight is 450 g/mol. The van der Waals surface area contributed by atoms with Crippen molar-refractivity contribution in [1.82, 2.24) is 15.2 Å². The third-order valence-electron chi connectivity index (χ3n) is 5.00. The summed E-state index contributed by atoms with van der Waals surface area (Å²) in [6, 6.07) is 2.60. The summed E-state index contributed by atoms with van der Waals surface area (Å²) in [6.45, 7) is 3.27. The lowest BCUT2D eigenvalue weighted by Crippen LogP contribution is -2.48. The molecule has 31 heavy (non-hydrogen) atoms. The van der Waals surface area contributed by atoms with Gasteiger partial charge in [0.25, 0.3) is 5.91 Å². The smallest absolute Gasteiger partial charge is 0.257 e. The van der Waals surface area contributed by atoms with E-state index in [1.807, 2.05) is 17.7 Å². The molecule has 2 N–H and O–H groups in total. The number of thioether (sulfide) groups is 1. The molecule has 2 aromatic rings. The van der Waals surface area contributed by atoms with Crippen LogP contribution in [0.3, 0.4) is 0 Å². The summed E-state index contributed by atoms with van der Waals surface area (Å²) >= 11 is 1.57. The number of fused-ring (bicyclic) bond motifs is 2. The van der Waals surface area contributed by atoms with Crippen LogP contribution in [0.5, 0.6) is 11.5 Å². The van der Waals surface area contributed by atoms with Crippen molar-refractivity contribution in [1.29, 1.82) is 0 Å². The number of ether oxygens (including phenoxy) is 3. The van der Waals surface area contributed by atoms with Gasteiger partial charge in [0.2, 0.25) is 18.1 Å². The summed E-state index contributed by atoms with van der Waals surface area (Å²) in [5.41, 5.74) is 0.218. The number of carbonyl (C=O) groups excluding carboxylic acids is 2. The van der Waals surface area contributed by atoms with Crippen molar-refractivity contribution in [2.24, 2.45) is 0 Å². The quantitative estimate of drug-likeness (QED) is 0.528. The van der Waals surface area contributed by atoms with Crippen LogP contribution >= 0.6 is 11.8 Å². The van der Waals surface area contributed by atoms with Crippen molar-refractivity contribution in [3.63, 3.8) is 0 Å². The van der Waals surface area contributed by atoms with Crippen LogP contribution in [0.1, 0.15) is 23.7 Å². The first-order valence-electron chi connectivity index (χ1n) is 10.0. The number of aryl methyl sites for hydroxylation is 1. The molecule has 0 saturated carbocycles. The van der Waals surface area contributed by atoms with Gasteiger partial charge in [0.15, 0.2) is 11.5 Å². The van der Waals surface area contributed by atoms with E-state index >= 15 is 0 Å². The zero-order valence-corrected chi connectivity index (χ0v) is 18.7. The fourth-order valence-electron chi connectivity index (χ4n) is 3.34. The van der Waals surface area contributed by atoms with E-state index in [9.17, 15) is 14.4 Å². The van der Waals surface area contributed by atoms with Gasteiger partial charge in [-0.05, 0) is 31.4 Å². The van der Waals surface area contributed by atoms with Gasteiger partial charge in [-0.1, -0.05) is 0 Å². The molecular formula is C21H27N3O6S. The van der Waals surface area contributed by atoms with Gasteiger partial charge in [0.1, 0.15) is 11.6 Å². The maximum atomic E-state index is 13.1. The van der Waals surface area contributed by atoms with Crippen molar-refractivity contribution >= 4 is 34.5 Å². The molecule has 0 aliphatic carbocycles. The van der Waals surface area contributed by atoms with Crippen molar-refractivity contribution in [2.45, 2.75) is 25.9 Å². The Bertz CT molecular complexity index is 1020. The summed E-state index contributed by atoms with van der Waals surface area (Å²) in [5, 5.41) is 5.84. The zero-order valence-electron chi connectivity index (χ0n) is 17.9. The van der Waals surface area contributed by atoms with E-state index in [2.05, 4.69) is 10.6 Å². The highest BCUT2D eigenvalue weighted by Crippen LogP contribution is 2.35. The first-order chi connectivity index (χ1) is 15.0. The van der Waals surface area contributed by atoms with Gasteiger partial charge in [0.05, 0.1) is 17.5 Å². The first-order valence-corrected chi connectivity index (χ1v) is 11.4. The first kappa shape index (κ1) is 23.0. The van der Waals surface area contributed by atoms with Gasteiger partial charge in [-0.3, -0.25) is 14.4 Å². The lowest BCUT2D eigenvalue weighted by molar-refractivity contribution is -0.123. The average Bonchev–Trinajstić information content (AvgIpc) is 3.23. The number of benzene rings is 1. The summed E-state index contributed by atoms with van der Waals surface area (Å²) < 4.78 is 17.6. The number of hydrogen-bond acceptors (Lipinski definition) is 7. The van der Waals surface area contributed by atoms with E-state index in [1.54, 1.807) is 31.0 Å². The summed E-state index contributed by atoms with van der Waals surface area (Å²) in [6.07, 6.45) is 3.89. The highest BCUT2D eigenvalue weighted by Gasteiger charge is 2.24. The Morgan fingerprint density at radius 1 is 1.29 bits per heavy atom. The van der Waals surface area contributed by atoms with Crippen LogP contribution in [-0.2, 0) is 16.1 Å². The number of nitrogens with zero attached hydrogens (tertiary/aromatic N) is 1. The fourth-order valence-corrected chi connectivity index (χ4v) is 3.81. The molecule has 1 aromatic carbocycles. The number of carbonyl (C=O) groups is 2. The van der Waals surface area contributed by atoms with E-state index < -0.39 is 17.4 Å². The Balaban J connectivity index is 1.91. The normalized spacial score (nSPS) is 13.3. The minimum absolute atomic E-state index is 0.0212. The van der Waals surface area contributed by atoms with Crippen LogP contribution in [0, 0.1) is 0 Å². The minimum atomic E-state index is -0.751. The molecule has 1 aliphatic rings. The largest absolute Gasteiger partial charge is 0.454 e. The summed E-state index contributed by atoms with van der Waals surface area (Å²) in [7, 11) is 1.55. The van der Waals surface area contributed by atoms with Gasteiger partial charge >= 0.3 is 0 Å². The SMILES string of the molecule is CCn1cc(C(=O)N[C@@H](CCSC)C(=O)NCCOC)c(=O)c2cc3c(cc21)OCO3. The number of methoxy groups -OCH3 is 1. The highest BCUT2D eigenvalue weighted by molar-refractivity contribution is 7.98. The minimum Gasteiger partial charge on any atom is -0.454 e. The molecule has 2 amide bonds. The van der Waals surface area contributed by atoms with Gasteiger partial charge in [-0.25, -0.2) is 0 Å². The molecule has 1 aromatic heterocycles. The van der Waals surface area contributed by atoms with E-state index in [0.29, 0.717) is 54.3 Å². The zero-order chi connectivity index (χ0) is 22.4. The van der Waals surface area contributed by atoms with Crippen LogP contribution in [-0.4, -0.2) is 61.5 Å². The number of amides is 2. The molecule has 1 atom stereocenters. The maximum absolute atomic E-state index is 13.1. The third kappa shape index (κ3) is 5.13. The summed E-state index contributed by atoms with van der Waals surface area (Å²) in [4.78, 5) is 38.7. The molecule has 0 saturated heterocycles. The molecule has 10 heteroatoms. The number of hydrogen-bond donors (Lipinski definition) is 2. The van der Waals surface area contributed by atoms with E-state index in [-0.39, 0.29) is 18.3 Å². The topological polar surface area (TPSA) is 108 Å². The van der Waals surface area contributed by atoms with Crippen LogP contribution < -0.4 is 25.5 Å². The predicted octanol–water partition coefficient (Wildman–Crippen LogP) is 1.36. The Hall–Kier alpha value is -2.72. The van der Waals surface area contributed by atoms with Crippen molar-refractivity contribution in [3.05, 3.63) is 34.1 Å². The Labute approximate surface area is 184 Å². The Morgan fingerprint density at radius 2 is 2.03 bits per heavy atom. The van der Waals surface area contributed by atoms with Gasteiger partial charge in [-0.2, -0.15) is 11.8 Å². The lowest BCUT2D eigenvalue weighted by atomic mass is 10.1. The Kier molecular flexibility index (Phi) is 7.80. The van der Waals surface area contributed by atoms with Gasteiger partial charge < -0.3 is 29.4 Å². The van der Waals surface area contributed by atoms with Crippen LogP contribution in [0.2, 0.25) is 0 Å². The van der Waals surface area contributed by atoms with Gasteiger partial charge in [0, 0.05) is 32.5 Å². The fraction of sp³-hybridized carbons (Fsp3) is 0.476. The lowest BCUT2D eigenvalue weighted by Gasteiger charge is -2.19.